The highest BCUT2D eigenvalue weighted by molar-refractivity contribution is 7.21. The number of hydrogen-bond donors (Lipinski definition) is 1. The maximum atomic E-state index is 14.8. The number of nitrogens with zero attached hydrogens (tertiary/aromatic N) is 2. The molecule has 1 saturated carbocycles. The van der Waals surface area contributed by atoms with E-state index in [1.807, 2.05) is 49.3 Å². The van der Waals surface area contributed by atoms with Crippen LogP contribution in [0, 0.1) is 12.7 Å². The molecule has 38 heavy (non-hydrogen) atoms. The molecule has 0 aliphatic heterocycles. The lowest BCUT2D eigenvalue weighted by molar-refractivity contribution is 0.0604. The number of aryl methyl sites for hydroxylation is 1. The molecule has 8 heteroatoms. The Bertz CT molecular complexity index is 1450. The predicted octanol–water partition coefficient (Wildman–Crippen LogP) is 7.25. The molecule has 0 atom stereocenters. The molecular weight excluding hydrogens is 521 g/mol. The fourth-order valence-corrected chi connectivity index (χ4v) is 6.94. The van der Waals surface area contributed by atoms with E-state index in [2.05, 4.69) is 16.4 Å². The van der Waals surface area contributed by atoms with Crippen molar-refractivity contribution in [2.24, 2.45) is 0 Å². The summed E-state index contributed by atoms with van der Waals surface area (Å²) in [4.78, 5) is 20.8. The third-order valence-corrected chi connectivity index (χ3v) is 9.35. The van der Waals surface area contributed by atoms with E-state index in [-0.39, 0.29) is 17.0 Å². The molecule has 0 radical (unpaired) electrons. The number of rotatable bonds is 7. The summed E-state index contributed by atoms with van der Waals surface area (Å²) in [5, 5.41) is 3.89. The number of nitrogens with one attached hydrogen (secondary N) is 1. The first-order chi connectivity index (χ1) is 18.4. The van der Waals surface area contributed by atoms with Crippen molar-refractivity contribution in [3.63, 3.8) is 0 Å². The summed E-state index contributed by atoms with van der Waals surface area (Å²) in [5.74, 6) is 0.137. The quantitative estimate of drug-likeness (QED) is 0.263. The van der Waals surface area contributed by atoms with Gasteiger partial charge in [-0.05, 0) is 75.0 Å². The Balaban J connectivity index is 1.56. The highest BCUT2D eigenvalue weighted by Crippen LogP contribution is 2.41. The number of pyridine rings is 1. The van der Waals surface area contributed by atoms with Gasteiger partial charge in [0.1, 0.15) is 16.4 Å². The highest BCUT2D eigenvalue weighted by atomic mass is 35.5. The molecule has 2 aromatic heterocycles. The summed E-state index contributed by atoms with van der Waals surface area (Å²) in [6.07, 6.45) is 7.27. The van der Waals surface area contributed by atoms with Gasteiger partial charge in [-0.1, -0.05) is 29.8 Å². The smallest absolute Gasteiger partial charge is 0.266 e. The molecule has 5 rings (SSSR count). The molecule has 0 saturated heterocycles. The molecule has 198 valence electrons. The molecule has 0 spiro atoms. The van der Waals surface area contributed by atoms with E-state index in [1.54, 1.807) is 19.4 Å². The van der Waals surface area contributed by atoms with Gasteiger partial charge in [0.15, 0.2) is 0 Å². The van der Waals surface area contributed by atoms with Crippen LogP contribution in [-0.4, -0.2) is 42.0 Å². The Morgan fingerprint density at radius 1 is 1.18 bits per heavy atom. The van der Waals surface area contributed by atoms with Crippen LogP contribution >= 0.6 is 22.9 Å². The van der Waals surface area contributed by atoms with Crippen LogP contribution < -0.4 is 10.1 Å². The average molecular weight is 552 g/mol. The van der Waals surface area contributed by atoms with Gasteiger partial charge in [0.05, 0.1) is 12.1 Å². The number of fused-ring (bicyclic) bond motifs is 1. The summed E-state index contributed by atoms with van der Waals surface area (Å²) >= 11 is 7.98. The van der Waals surface area contributed by atoms with E-state index in [9.17, 15) is 9.18 Å². The second kappa shape index (κ2) is 11.4. The average Bonchev–Trinajstić information content (AvgIpc) is 3.32. The largest absolute Gasteiger partial charge is 0.496 e. The van der Waals surface area contributed by atoms with E-state index < -0.39 is 5.82 Å². The van der Waals surface area contributed by atoms with Crippen molar-refractivity contribution in [1.29, 1.82) is 0 Å². The molecule has 1 fully saturated rings. The van der Waals surface area contributed by atoms with E-state index in [0.29, 0.717) is 33.3 Å². The minimum absolute atomic E-state index is 0.0334. The molecule has 2 heterocycles. The summed E-state index contributed by atoms with van der Waals surface area (Å²) in [6.45, 7) is 2.27. The van der Waals surface area contributed by atoms with Crippen LogP contribution in [0.4, 0.5) is 4.39 Å². The number of hydrogen-bond acceptors (Lipinski definition) is 5. The monoisotopic (exact) mass is 551 g/mol. The third-order valence-electron chi connectivity index (χ3n) is 7.54. The van der Waals surface area contributed by atoms with Crippen molar-refractivity contribution in [3.8, 4) is 16.9 Å². The maximum absolute atomic E-state index is 14.8. The molecule has 4 aromatic rings. The van der Waals surface area contributed by atoms with Crippen LogP contribution in [0.15, 0.2) is 54.9 Å². The SMILES string of the molecule is CNC1CCC(N(Cc2cc(-c3cccnc3)ccc2OC)C(=O)c2sc3c(C)ccc(F)c3c2Cl)CC1. The number of carbonyl (C=O) groups is 1. The predicted molar refractivity (Wildman–Crippen MR) is 153 cm³/mol. The standard InChI is InChI=1S/C30H31ClFN3O2S/c1-18-6-12-24(32)26-27(31)29(38-28(18)26)30(36)35(23-10-8-22(33-2)9-11-23)17-21-15-19(7-13-25(21)37-3)20-5-4-14-34-16-20/h4-7,12-16,22-23,33H,8-11,17H2,1-3H3. The van der Waals surface area contributed by atoms with Gasteiger partial charge in [0.2, 0.25) is 0 Å². The first-order valence-electron chi connectivity index (χ1n) is 12.8. The first-order valence-corrected chi connectivity index (χ1v) is 14.0. The summed E-state index contributed by atoms with van der Waals surface area (Å²) in [6, 6.07) is 13.5. The lowest BCUT2D eigenvalue weighted by Gasteiger charge is -2.37. The zero-order valence-electron chi connectivity index (χ0n) is 21.8. The second-order valence-corrected chi connectivity index (χ2v) is 11.2. The number of amides is 1. The Morgan fingerprint density at radius 3 is 2.63 bits per heavy atom. The molecule has 1 aliphatic carbocycles. The topological polar surface area (TPSA) is 54.5 Å². The summed E-state index contributed by atoms with van der Waals surface area (Å²) in [5.41, 5.74) is 3.79. The van der Waals surface area contributed by atoms with Gasteiger partial charge in [-0.15, -0.1) is 11.3 Å². The zero-order chi connectivity index (χ0) is 26.8. The normalized spacial score (nSPS) is 17.5. The van der Waals surface area contributed by atoms with Crippen molar-refractivity contribution in [3.05, 3.63) is 81.7 Å². The van der Waals surface area contributed by atoms with Gasteiger partial charge in [0, 0.05) is 52.2 Å². The van der Waals surface area contributed by atoms with E-state index in [4.69, 9.17) is 16.3 Å². The van der Waals surface area contributed by atoms with Crippen molar-refractivity contribution in [2.75, 3.05) is 14.2 Å². The Hall–Kier alpha value is -3.00. The molecule has 2 aromatic carbocycles. The van der Waals surface area contributed by atoms with Crippen LogP contribution in [0.3, 0.4) is 0 Å². The number of aromatic nitrogens is 1. The molecular formula is C30H31ClFN3O2S. The number of benzene rings is 2. The Kier molecular flexibility index (Phi) is 7.98. The molecule has 1 amide bonds. The second-order valence-electron chi connectivity index (χ2n) is 9.81. The van der Waals surface area contributed by atoms with E-state index >= 15 is 0 Å². The van der Waals surface area contributed by atoms with Crippen LogP contribution in [0.1, 0.15) is 46.5 Å². The molecule has 1 N–H and O–H groups in total. The fraction of sp³-hybridized carbons (Fsp3) is 0.333. The van der Waals surface area contributed by atoms with Crippen molar-refractivity contribution < 1.29 is 13.9 Å². The molecule has 5 nitrogen and oxygen atoms in total. The van der Waals surface area contributed by atoms with E-state index in [0.717, 1.165) is 47.9 Å². The summed E-state index contributed by atoms with van der Waals surface area (Å²) < 4.78 is 21.2. The van der Waals surface area contributed by atoms with Crippen LogP contribution in [0.5, 0.6) is 5.75 Å². The minimum atomic E-state index is -0.405. The van der Waals surface area contributed by atoms with Crippen molar-refractivity contribution in [1.82, 2.24) is 15.2 Å². The Morgan fingerprint density at radius 2 is 1.97 bits per heavy atom. The number of halogens is 2. The van der Waals surface area contributed by atoms with Crippen LogP contribution in [-0.2, 0) is 6.54 Å². The van der Waals surface area contributed by atoms with Gasteiger partial charge in [0.25, 0.3) is 5.91 Å². The number of ether oxygens (including phenoxy) is 1. The van der Waals surface area contributed by atoms with Gasteiger partial charge < -0.3 is 15.0 Å². The molecule has 0 unspecified atom stereocenters. The van der Waals surface area contributed by atoms with Crippen molar-refractivity contribution in [2.45, 2.75) is 51.2 Å². The maximum Gasteiger partial charge on any atom is 0.266 e. The Labute approximate surface area is 231 Å². The van der Waals surface area contributed by atoms with Gasteiger partial charge in [-0.3, -0.25) is 9.78 Å². The van der Waals surface area contributed by atoms with Crippen LogP contribution in [0.2, 0.25) is 5.02 Å². The van der Waals surface area contributed by atoms with Gasteiger partial charge in [-0.2, -0.15) is 0 Å². The number of thiophene rings is 1. The van der Waals surface area contributed by atoms with E-state index in [1.165, 1.54) is 17.4 Å². The lowest BCUT2D eigenvalue weighted by atomic mass is 9.89. The van der Waals surface area contributed by atoms with Gasteiger partial charge >= 0.3 is 0 Å². The fourth-order valence-electron chi connectivity index (χ4n) is 5.37. The van der Waals surface area contributed by atoms with Crippen molar-refractivity contribution >= 4 is 38.9 Å². The zero-order valence-corrected chi connectivity index (χ0v) is 23.3. The summed E-state index contributed by atoms with van der Waals surface area (Å²) in [7, 11) is 3.62. The number of carbonyl (C=O) groups excluding carboxylic acids is 1. The van der Waals surface area contributed by atoms with Gasteiger partial charge in [-0.25, -0.2) is 4.39 Å². The highest BCUT2D eigenvalue weighted by Gasteiger charge is 2.32. The third kappa shape index (κ3) is 5.15. The lowest BCUT2D eigenvalue weighted by Crippen LogP contribution is -2.44. The van der Waals surface area contributed by atoms with Crippen LogP contribution in [0.25, 0.3) is 21.2 Å². The number of methoxy groups -OCH3 is 1. The molecule has 1 aliphatic rings. The minimum Gasteiger partial charge on any atom is -0.496 e. The molecule has 0 bridgehead atoms. The first kappa shape index (κ1) is 26.6.